The van der Waals surface area contributed by atoms with Gasteiger partial charge in [-0.1, -0.05) is 228 Å². The minimum atomic E-state index is -0.210. The van der Waals surface area contributed by atoms with Gasteiger partial charge in [0.1, 0.15) is 0 Å². The van der Waals surface area contributed by atoms with Crippen molar-refractivity contribution in [1.29, 1.82) is 0 Å². The van der Waals surface area contributed by atoms with E-state index in [1.54, 1.807) is 0 Å². The van der Waals surface area contributed by atoms with E-state index in [-0.39, 0.29) is 55.6 Å². The first-order valence-electron chi connectivity index (χ1n) is 33.7. The Morgan fingerprint density at radius 1 is 0.341 bits per heavy atom. The van der Waals surface area contributed by atoms with Crippen molar-refractivity contribution >= 4 is 68.6 Å². The molecular weight excluding hydrogens is 1060 g/mol. The SMILES string of the molecule is CC(C)(C)c1ccc(-c2ccc3c(c2)C2(C)CCCCC2(C)N3c2cc3c4c(c2)N(c2ccc(C(C)(C)C)cc2-c2ccccc2)c2ccc(C(C)(C)C)cc2B4c2cc4c(cc2N3c2ccc3c(c2)C(C)(C)CCC3(C)C)C(C)(C)CCC4(C)C)cc1. The van der Waals surface area contributed by atoms with Gasteiger partial charge in [-0.05, 0) is 222 Å². The number of nitrogens with zero attached hydrogens (tertiary/aromatic N) is 3. The number of rotatable bonds is 5. The Kier molecular flexibility index (Phi) is 13.0. The second kappa shape index (κ2) is 19.4. The van der Waals surface area contributed by atoms with Crippen LogP contribution in [0.2, 0.25) is 0 Å². The second-order valence-corrected chi connectivity index (χ2v) is 34.3. The van der Waals surface area contributed by atoms with Crippen LogP contribution in [0.25, 0.3) is 22.3 Å². The molecule has 0 N–H and O–H groups in total. The first kappa shape index (κ1) is 58.9. The summed E-state index contributed by atoms with van der Waals surface area (Å²) in [6.45, 7) is 46.5. The Labute approximate surface area is 530 Å². The normalized spacial score (nSPS) is 21.8. The molecule has 0 amide bonds. The second-order valence-electron chi connectivity index (χ2n) is 34.3. The predicted octanol–water partition coefficient (Wildman–Crippen LogP) is 21.4. The summed E-state index contributed by atoms with van der Waals surface area (Å²) >= 11 is 0. The zero-order valence-corrected chi connectivity index (χ0v) is 57.0. The lowest BCUT2D eigenvalue weighted by Gasteiger charge is -2.51. The van der Waals surface area contributed by atoms with Gasteiger partial charge in [-0.15, -0.1) is 0 Å². The van der Waals surface area contributed by atoms with E-state index in [2.05, 4.69) is 298 Å². The molecule has 2 atom stereocenters. The quantitative estimate of drug-likeness (QED) is 0.159. The summed E-state index contributed by atoms with van der Waals surface area (Å²) in [7, 11) is 0. The Balaban J connectivity index is 1.13. The summed E-state index contributed by atoms with van der Waals surface area (Å²) in [6, 6.07) is 61.8. The molecule has 8 aromatic rings. The maximum atomic E-state index is 2.88. The van der Waals surface area contributed by atoms with Gasteiger partial charge in [0.2, 0.25) is 0 Å². The lowest BCUT2D eigenvalue weighted by Crippen LogP contribution is -2.62. The fraction of sp³-hybridized carbons (Fsp3) is 0.429. The molecule has 14 rings (SSSR count). The van der Waals surface area contributed by atoms with Crippen LogP contribution in [-0.4, -0.2) is 12.3 Å². The summed E-state index contributed by atoms with van der Waals surface area (Å²) < 4.78 is 0. The van der Waals surface area contributed by atoms with Crippen molar-refractivity contribution in [3.05, 3.63) is 196 Å². The zero-order chi connectivity index (χ0) is 62.4. The van der Waals surface area contributed by atoms with Crippen molar-refractivity contribution in [2.45, 2.75) is 232 Å². The Hall–Kier alpha value is -6.78. The molecular formula is C84H98BN3. The zero-order valence-electron chi connectivity index (χ0n) is 57.0. The summed E-state index contributed by atoms with van der Waals surface area (Å²) in [5.74, 6) is 0. The molecule has 6 aliphatic rings. The summed E-state index contributed by atoms with van der Waals surface area (Å²) in [5.41, 5.74) is 30.8. The number of anilines is 8. The van der Waals surface area contributed by atoms with Crippen LogP contribution >= 0.6 is 0 Å². The first-order valence-corrected chi connectivity index (χ1v) is 33.7. The third-order valence-corrected chi connectivity index (χ3v) is 23.6. The molecule has 3 heterocycles. The van der Waals surface area contributed by atoms with E-state index >= 15 is 0 Å². The summed E-state index contributed by atoms with van der Waals surface area (Å²) in [4.78, 5) is 8.42. The van der Waals surface area contributed by atoms with E-state index in [1.165, 1.54) is 148 Å². The van der Waals surface area contributed by atoms with Gasteiger partial charge in [-0.25, -0.2) is 0 Å². The molecule has 2 unspecified atom stereocenters. The molecule has 0 aromatic heterocycles. The van der Waals surface area contributed by atoms with Crippen LogP contribution in [0.5, 0.6) is 0 Å². The average molecular weight is 1160 g/mol. The van der Waals surface area contributed by atoms with Crippen LogP contribution in [0.1, 0.15) is 227 Å². The number of benzene rings is 8. The van der Waals surface area contributed by atoms with Gasteiger partial charge in [0.15, 0.2) is 0 Å². The van der Waals surface area contributed by atoms with Gasteiger partial charge in [-0.3, -0.25) is 0 Å². The molecule has 0 bridgehead atoms. The van der Waals surface area contributed by atoms with Crippen molar-refractivity contribution in [2.24, 2.45) is 0 Å². The molecule has 1 saturated carbocycles. The molecule has 3 aliphatic heterocycles. The fourth-order valence-corrected chi connectivity index (χ4v) is 17.4. The smallest absolute Gasteiger partial charge is 0.252 e. The summed E-state index contributed by atoms with van der Waals surface area (Å²) in [5, 5.41) is 0. The Bertz CT molecular complexity index is 4150. The first-order chi connectivity index (χ1) is 41.2. The molecule has 0 saturated heterocycles. The van der Waals surface area contributed by atoms with Crippen molar-refractivity contribution < 1.29 is 0 Å². The Morgan fingerprint density at radius 3 is 1.48 bits per heavy atom. The number of fused-ring (bicyclic) bond motifs is 9. The maximum Gasteiger partial charge on any atom is 0.252 e. The van der Waals surface area contributed by atoms with Crippen molar-refractivity contribution in [1.82, 2.24) is 0 Å². The average Bonchev–Trinajstić information content (AvgIpc) is 1.10. The molecule has 3 nitrogen and oxygen atoms in total. The lowest BCUT2D eigenvalue weighted by molar-refractivity contribution is 0.195. The minimum Gasteiger partial charge on any atom is -0.334 e. The van der Waals surface area contributed by atoms with Gasteiger partial charge in [0, 0.05) is 50.8 Å². The standard InChI is InChI=1S/C84H98BN3/c1-76(2,3)56-30-27-53(28-31-56)55-29-36-70-66(45-55)83(18)39-23-24-40-84(83,19)88(70)60-49-73-75-74(50-60)87(69-37-32-57(77(4,5)6)46-61(69)54-25-21-20-22-26-54)71-38-33-58(78(7,8)9)47-67(71)85(75)68-51-64-65(82(16,17)44-43-81(64,14)15)52-72(68)86(73)59-34-35-62-63(48-59)80(12,13)42-41-79(62,10)11/h20-22,25-38,45-52H,23-24,39-44H2,1-19H3. The van der Waals surface area contributed by atoms with Gasteiger partial charge in [-0.2, -0.15) is 0 Å². The molecule has 0 radical (unpaired) electrons. The van der Waals surface area contributed by atoms with Gasteiger partial charge < -0.3 is 14.7 Å². The minimum absolute atomic E-state index is 0.00120. The largest absolute Gasteiger partial charge is 0.334 e. The highest BCUT2D eigenvalue weighted by Gasteiger charge is 2.59. The van der Waals surface area contributed by atoms with Crippen LogP contribution in [-0.2, 0) is 43.3 Å². The van der Waals surface area contributed by atoms with Gasteiger partial charge in [0.05, 0.1) is 11.2 Å². The molecule has 88 heavy (non-hydrogen) atoms. The number of hydrogen-bond acceptors (Lipinski definition) is 3. The van der Waals surface area contributed by atoms with Gasteiger partial charge >= 0.3 is 0 Å². The van der Waals surface area contributed by atoms with E-state index in [0.717, 1.165) is 32.1 Å². The van der Waals surface area contributed by atoms with E-state index in [4.69, 9.17) is 0 Å². The third kappa shape index (κ3) is 8.91. The molecule has 4 heteroatoms. The monoisotopic (exact) mass is 1160 g/mol. The van der Waals surface area contributed by atoms with Crippen molar-refractivity contribution in [3.63, 3.8) is 0 Å². The Morgan fingerprint density at radius 2 is 0.852 bits per heavy atom. The van der Waals surface area contributed by atoms with Crippen LogP contribution in [0.15, 0.2) is 152 Å². The van der Waals surface area contributed by atoms with Crippen LogP contribution in [0.3, 0.4) is 0 Å². The molecule has 8 aromatic carbocycles. The molecule has 3 aliphatic carbocycles. The third-order valence-electron chi connectivity index (χ3n) is 23.6. The predicted molar refractivity (Wildman–Crippen MR) is 381 cm³/mol. The molecule has 1 fully saturated rings. The van der Waals surface area contributed by atoms with Crippen LogP contribution in [0.4, 0.5) is 45.5 Å². The highest BCUT2D eigenvalue weighted by atomic mass is 15.3. The van der Waals surface area contributed by atoms with Crippen LogP contribution in [0, 0.1) is 0 Å². The summed E-state index contributed by atoms with van der Waals surface area (Å²) in [6.07, 6.45) is 9.33. The lowest BCUT2D eigenvalue weighted by atomic mass is 9.33. The number of hydrogen-bond donors (Lipinski definition) is 0. The fourth-order valence-electron chi connectivity index (χ4n) is 17.4. The van der Waals surface area contributed by atoms with E-state index in [9.17, 15) is 0 Å². The maximum absolute atomic E-state index is 2.88. The van der Waals surface area contributed by atoms with E-state index in [0.29, 0.717) is 0 Å². The van der Waals surface area contributed by atoms with Crippen molar-refractivity contribution in [3.8, 4) is 22.3 Å². The highest BCUT2D eigenvalue weighted by molar-refractivity contribution is 7.00. The topological polar surface area (TPSA) is 9.72 Å². The highest BCUT2D eigenvalue weighted by Crippen LogP contribution is 2.63. The van der Waals surface area contributed by atoms with Crippen molar-refractivity contribution in [2.75, 3.05) is 14.7 Å². The molecule has 452 valence electrons. The van der Waals surface area contributed by atoms with E-state index < -0.39 is 0 Å². The van der Waals surface area contributed by atoms with Gasteiger partial charge in [0.25, 0.3) is 6.71 Å². The van der Waals surface area contributed by atoms with Crippen LogP contribution < -0.4 is 31.1 Å². The van der Waals surface area contributed by atoms with E-state index in [1.807, 2.05) is 0 Å². The molecule has 0 spiro atoms.